The van der Waals surface area contributed by atoms with Crippen LogP contribution in [0.5, 0.6) is 0 Å². The number of nitriles is 1. The first kappa shape index (κ1) is 20.2. The van der Waals surface area contributed by atoms with Crippen LogP contribution >= 0.6 is 0 Å². The van der Waals surface area contributed by atoms with Gasteiger partial charge in [-0.25, -0.2) is 0 Å². The van der Waals surface area contributed by atoms with Gasteiger partial charge in [-0.3, -0.25) is 9.48 Å². The SMILES string of the molecule is CC1(N)CC[C@@H]2C3CC[C@]4(C)[C@@H](C(=O)Cn5ccc(C#N)n5)CC[C@H]4[C@@H]3CC[C@@H]2C1. The molecule has 1 heterocycles. The lowest BCUT2D eigenvalue weighted by Crippen LogP contribution is -2.52. The van der Waals surface area contributed by atoms with Crippen molar-refractivity contribution < 1.29 is 4.79 Å². The predicted octanol–water partition coefficient (Wildman–Crippen LogP) is 4.31. The summed E-state index contributed by atoms with van der Waals surface area (Å²) in [5.74, 6) is 4.52. The minimum atomic E-state index is 0.0416. The average molecular weight is 409 g/mol. The first-order chi connectivity index (χ1) is 14.3. The number of rotatable bonds is 3. The summed E-state index contributed by atoms with van der Waals surface area (Å²) in [6.07, 6.45) is 12.9. The van der Waals surface area contributed by atoms with Crippen LogP contribution in [-0.2, 0) is 11.3 Å². The Morgan fingerprint density at radius 2 is 1.97 bits per heavy atom. The summed E-state index contributed by atoms with van der Waals surface area (Å²) in [5.41, 5.74) is 7.10. The number of carbonyl (C=O) groups excluding carboxylic acids is 1. The smallest absolute Gasteiger partial charge is 0.162 e. The molecule has 4 aliphatic carbocycles. The highest BCUT2D eigenvalue weighted by molar-refractivity contribution is 5.82. The van der Waals surface area contributed by atoms with Crippen LogP contribution in [0.1, 0.15) is 77.3 Å². The molecule has 0 saturated heterocycles. The maximum absolute atomic E-state index is 13.3. The van der Waals surface area contributed by atoms with Gasteiger partial charge < -0.3 is 5.73 Å². The third-order valence-electron chi connectivity index (χ3n) is 9.76. The van der Waals surface area contributed by atoms with Crippen molar-refractivity contribution in [3.63, 3.8) is 0 Å². The number of carbonyl (C=O) groups is 1. The number of aromatic nitrogens is 2. The van der Waals surface area contributed by atoms with Crippen LogP contribution in [0.3, 0.4) is 0 Å². The van der Waals surface area contributed by atoms with Crippen LogP contribution in [0, 0.1) is 52.3 Å². The van der Waals surface area contributed by atoms with E-state index in [1.807, 2.05) is 0 Å². The Hall–Kier alpha value is -1.67. The highest BCUT2D eigenvalue weighted by Gasteiger charge is 2.58. The molecule has 4 saturated carbocycles. The molecule has 0 radical (unpaired) electrons. The molecular weight excluding hydrogens is 372 g/mol. The number of nitrogens with two attached hydrogens (primary N) is 1. The standard InChI is InChI=1S/C25H36N4O/c1-24(27)10-7-18-16(13-24)3-4-20-19(18)8-11-25(2)21(20)5-6-22(25)23(30)15-29-12-9-17(14-26)28-29/h9,12,16,18-22H,3-8,10-11,13,15,27H2,1-2H3/t16-,18+,19?,20-,21+,22-,24?,25+/m1/s1. The Morgan fingerprint density at radius 3 is 2.73 bits per heavy atom. The third-order valence-corrected chi connectivity index (χ3v) is 9.76. The Bertz CT molecular complexity index is 867. The highest BCUT2D eigenvalue weighted by atomic mass is 16.1. The predicted molar refractivity (Wildman–Crippen MR) is 115 cm³/mol. The molecule has 2 N–H and O–H groups in total. The van der Waals surface area contributed by atoms with E-state index in [-0.39, 0.29) is 16.9 Å². The first-order valence-corrected chi connectivity index (χ1v) is 12.1. The van der Waals surface area contributed by atoms with Gasteiger partial charge in [-0.05, 0) is 106 Å². The van der Waals surface area contributed by atoms with E-state index in [0.29, 0.717) is 23.9 Å². The van der Waals surface area contributed by atoms with Crippen molar-refractivity contribution in [2.24, 2.45) is 46.7 Å². The Kier molecular flexibility index (Phi) is 4.85. The van der Waals surface area contributed by atoms with E-state index in [4.69, 9.17) is 11.0 Å². The average Bonchev–Trinajstić information content (AvgIpc) is 3.30. The largest absolute Gasteiger partial charge is 0.325 e. The minimum absolute atomic E-state index is 0.0416. The van der Waals surface area contributed by atoms with Crippen molar-refractivity contribution in [1.82, 2.24) is 9.78 Å². The van der Waals surface area contributed by atoms with Crippen LogP contribution in [0.15, 0.2) is 12.3 Å². The van der Waals surface area contributed by atoms with Gasteiger partial charge in [-0.1, -0.05) is 6.92 Å². The van der Waals surface area contributed by atoms with Crippen LogP contribution in [0.2, 0.25) is 0 Å². The van der Waals surface area contributed by atoms with Gasteiger partial charge in [0.05, 0.1) is 6.54 Å². The summed E-state index contributed by atoms with van der Waals surface area (Å²) < 4.78 is 1.65. The molecule has 162 valence electrons. The number of nitrogens with zero attached hydrogens (tertiary/aromatic N) is 3. The van der Waals surface area contributed by atoms with E-state index >= 15 is 0 Å². The van der Waals surface area contributed by atoms with Crippen LogP contribution < -0.4 is 5.73 Å². The molecule has 4 fully saturated rings. The fourth-order valence-electron chi connectivity index (χ4n) is 8.44. The van der Waals surface area contributed by atoms with Gasteiger partial charge in [0.25, 0.3) is 0 Å². The van der Waals surface area contributed by atoms with E-state index in [1.54, 1.807) is 16.9 Å². The fourth-order valence-corrected chi connectivity index (χ4v) is 8.44. The molecule has 2 unspecified atom stereocenters. The highest BCUT2D eigenvalue weighted by Crippen LogP contribution is 2.64. The normalized spacial score (nSPS) is 45.1. The molecular formula is C25H36N4O. The second-order valence-electron chi connectivity index (χ2n) is 11.5. The van der Waals surface area contributed by atoms with Gasteiger partial charge in [-0.15, -0.1) is 0 Å². The Labute approximate surface area is 180 Å². The summed E-state index contributed by atoms with van der Waals surface area (Å²) in [6.45, 7) is 4.97. The molecule has 4 aliphatic rings. The maximum atomic E-state index is 13.3. The van der Waals surface area contributed by atoms with Gasteiger partial charge >= 0.3 is 0 Å². The molecule has 30 heavy (non-hydrogen) atoms. The monoisotopic (exact) mass is 408 g/mol. The van der Waals surface area contributed by atoms with Crippen LogP contribution in [-0.4, -0.2) is 21.1 Å². The first-order valence-electron chi connectivity index (χ1n) is 12.1. The molecule has 0 amide bonds. The van der Waals surface area contributed by atoms with E-state index in [2.05, 4.69) is 25.0 Å². The van der Waals surface area contributed by atoms with Gasteiger partial charge in [-0.2, -0.15) is 10.4 Å². The number of ketones is 1. The van der Waals surface area contributed by atoms with Crippen molar-refractivity contribution in [2.45, 2.75) is 83.7 Å². The van der Waals surface area contributed by atoms with Crippen molar-refractivity contribution >= 4 is 5.78 Å². The lowest BCUT2D eigenvalue weighted by atomic mass is 9.48. The lowest BCUT2D eigenvalue weighted by molar-refractivity contribution is -0.131. The number of hydrogen-bond acceptors (Lipinski definition) is 4. The topological polar surface area (TPSA) is 84.7 Å². The van der Waals surface area contributed by atoms with Crippen LogP contribution in [0.25, 0.3) is 0 Å². The van der Waals surface area contributed by atoms with E-state index in [0.717, 1.165) is 30.1 Å². The fraction of sp³-hybridized carbons (Fsp3) is 0.800. The maximum Gasteiger partial charge on any atom is 0.162 e. The summed E-state index contributed by atoms with van der Waals surface area (Å²) in [7, 11) is 0. The Morgan fingerprint density at radius 1 is 1.17 bits per heavy atom. The second-order valence-corrected chi connectivity index (χ2v) is 11.5. The molecule has 0 bridgehead atoms. The molecule has 0 aromatic carbocycles. The van der Waals surface area contributed by atoms with Gasteiger partial charge in [0.1, 0.15) is 6.07 Å². The molecule has 5 heteroatoms. The summed E-state index contributed by atoms with van der Waals surface area (Å²) in [5, 5.41) is 13.2. The second kappa shape index (κ2) is 7.19. The van der Waals surface area contributed by atoms with Crippen LogP contribution in [0.4, 0.5) is 0 Å². The third kappa shape index (κ3) is 3.23. The summed E-state index contributed by atoms with van der Waals surface area (Å²) >= 11 is 0. The van der Waals surface area contributed by atoms with Crippen molar-refractivity contribution in [3.05, 3.63) is 18.0 Å². The molecule has 8 atom stereocenters. The quantitative estimate of drug-likeness (QED) is 0.807. The van der Waals surface area contributed by atoms with E-state index in [9.17, 15) is 4.79 Å². The van der Waals surface area contributed by atoms with Gasteiger partial charge in [0, 0.05) is 17.7 Å². The molecule has 1 aromatic heterocycles. The number of Topliss-reactive ketones (excluding diaryl/α,β-unsaturated/α-hetero) is 1. The summed E-state index contributed by atoms with van der Waals surface area (Å²) in [6, 6.07) is 3.74. The number of fused-ring (bicyclic) bond motifs is 5. The van der Waals surface area contributed by atoms with Crippen molar-refractivity contribution in [1.29, 1.82) is 5.26 Å². The number of hydrogen-bond donors (Lipinski definition) is 1. The molecule has 5 nitrogen and oxygen atoms in total. The van der Waals surface area contributed by atoms with Crippen molar-refractivity contribution in [3.8, 4) is 6.07 Å². The van der Waals surface area contributed by atoms with Gasteiger partial charge in [0.15, 0.2) is 11.5 Å². The minimum Gasteiger partial charge on any atom is -0.325 e. The Balaban J connectivity index is 1.30. The molecule has 0 aliphatic heterocycles. The molecule has 5 rings (SSSR count). The lowest BCUT2D eigenvalue weighted by Gasteiger charge is -2.57. The zero-order chi connectivity index (χ0) is 21.1. The molecule has 0 spiro atoms. The zero-order valence-electron chi connectivity index (χ0n) is 18.5. The van der Waals surface area contributed by atoms with Crippen molar-refractivity contribution in [2.75, 3.05) is 0 Å². The van der Waals surface area contributed by atoms with Gasteiger partial charge in [0.2, 0.25) is 0 Å². The van der Waals surface area contributed by atoms with E-state index < -0.39 is 0 Å². The van der Waals surface area contributed by atoms with E-state index in [1.165, 1.54) is 51.4 Å². The summed E-state index contributed by atoms with van der Waals surface area (Å²) in [4.78, 5) is 13.3. The zero-order valence-corrected chi connectivity index (χ0v) is 18.5. The molecule has 1 aromatic rings.